The monoisotopic (exact) mass is 502 g/mol. The van der Waals surface area contributed by atoms with E-state index in [0.29, 0.717) is 0 Å². The fourth-order valence-corrected chi connectivity index (χ4v) is 5.13. The Balaban J connectivity index is 1.43. The van der Waals surface area contributed by atoms with Crippen LogP contribution in [-0.4, -0.2) is 84.8 Å². The van der Waals surface area contributed by atoms with Crippen LogP contribution >= 0.6 is 0 Å². The minimum absolute atomic E-state index is 0.00925. The van der Waals surface area contributed by atoms with Crippen molar-refractivity contribution in [3.63, 3.8) is 0 Å². The maximum atomic E-state index is 12.8. The van der Waals surface area contributed by atoms with E-state index in [1.54, 1.807) is 0 Å². The minimum Gasteiger partial charge on any atom is -0.479 e. The average Bonchev–Trinajstić information content (AvgIpc) is 3.11. The Morgan fingerprint density at radius 1 is 1.09 bits per heavy atom. The van der Waals surface area contributed by atoms with Gasteiger partial charge in [-0.1, -0.05) is 48.5 Å². The number of rotatable bonds is 8. The second kappa shape index (κ2) is 9.31. The predicted molar refractivity (Wildman–Crippen MR) is 125 cm³/mol. The number of hydrogen-bond acceptors (Lipinski definition) is 7. The highest BCUT2D eigenvalue weighted by atomic mass is 32.2. The molecule has 3 N–H and O–H groups in total. The zero-order chi connectivity index (χ0) is 25.4. The van der Waals surface area contributed by atoms with Gasteiger partial charge < -0.3 is 25.2 Å². The van der Waals surface area contributed by atoms with Crippen molar-refractivity contribution in [3.8, 4) is 11.1 Å². The number of hydrogen-bond donors (Lipinski definition) is 3. The average molecular weight is 503 g/mol. The number of carbonyl (C=O) groups is 3. The molecular formula is C24H26N2O8S. The van der Waals surface area contributed by atoms with Crippen molar-refractivity contribution in [1.82, 2.24) is 10.2 Å². The molecule has 11 heteroatoms. The summed E-state index contributed by atoms with van der Waals surface area (Å²) in [5, 5.41) is 21.4. The predicted octanol–water partition coefficient (Wildman–Crippen LogP) is 0.986. The second-order valence-corrected chi connectivity index (χ2v) is 11.2. The number of β-amino-alcohol motifs (C(OH)–C–C–N with tert-alkyl or cyclic N) is 1. The van der Waals surface area contributed by atoms with Crippen LogP contribution < -0.4 is 5.32 Å². The molecule has 0 radical (unpaired) electrons. The molecule has 4 rings (SSSR count). The number of aliphatic carboxylic acids is 1. The molecular weight excluding hydrogens is 476 g/mol. The summed E-state index contributed by atoms with van der Waals surface area (Å²) in [6, 6.07) is 14.4. The van der Waals surface area contributed by atoms with Crippen molar-refractivity contribution in [1.29, 1.82) is 0 Å². The van der Waals surface area contributed by atoms with Crippen molar-refractivity contribution >= 4 is 27.8 Å². The van der Waals surface area contributed by atoms with Crippen molar-refractivity contribution in [2.45, 2.75) is 24.0 Å². The number of carboxylic acid groups (broad SMARTS) is 1. The Bertz CT molecular complexity index is 1220. The molecule has 2 aromatic carbocycles. The number of sulfone groups is 1. The molecule has 0 aromatic heterocycles. The molecule has 0 spiro atoms. The van der Waals surface area contributed by atoms with Crippen LogP contribution in [0.15, 0.2) is 48.5 Å². The molecule has 186 valence electrons. The largest absolute Gasteiger partial charge is 0.479 e. The quantitative estimate of drug-likeness (QED) is 0.484. The van der Waals surface area contributed by atoms with Crippen LogP contribution in [0.3, 0.4) is 0 Å². The van der Waals surface area contributed by atoms with E-state index in [1.165, 1.54) is 0 Å². The Morgan fingerprint density at radius 2 is 1.63 bits per heavy atom. The van der Waals surface area contributed by atoms with Crippen molar-refractivity contribution in [3.05, 3.63) is 59.7 Å². The zero-order valence-corrected chi connectivity index (χ0v) is 19.8. The Kier molecular flexibility index (Phi) is 6.56. The van der Waals surface area contributed by atoms with Gasteiger partial charge in [0.2, 0.25) is 5.91 Å². The molecule has 35 heavy (non-hydrogen) atoms. The first-order valence-electron chi connectivity index (χ1n) is 11.0. The number of carbonyl (C=O) groups excluding carboxylic acids is 2. The van der Waals surface area contributed by atoms with E-state index < -0.39 is 52.5 Å². The lowest BCUT2D eigenvalue weighted by molar-refractivity contribution is -0.182. The summed E-state index contributed by atoms with van der Waals surface area (Å²) in [5.41, 5.74) is 2.09. The van der Waals surface area contributed by atoms with Gasteiger partial charge in [-0.2, -0.15) is 0 Å². The molecule has 1 atom stereocenters. The molecule has 1 fully saturated rings. The van der Waals surface area contributed by atoms with E-state index in [1.807, 2.05) is 48.5 Å². The van der Waals surface area contributed by atoms with Gasteiger partial charge in [-0.25, -0.2) is 18.0 Å². The molecule has 1 aliphatic carbocycles. The molecule has 10 nitrogen and oxygen atoms in total. The summed E-state index contributed by atoms with van der Waals surface area (Å²) in [7, 11) is -3.44. The third-order valence-corrected chi connectivity index (χ3v) is 7.30. The van der Waals surface area contributed by atoms with E-state index >= 15 is 0 Å². The minimum atomic E-state index is -3.44. The standard InChI is InChI=1S/C24H26N2O8S/c1-35(32,33)11-10-20(21(27)26-13-24(31,14-26)22(28)29)25-23(30)34-12-19-17-8-4-2-6-15(17)16-7-3-5-9-18(16)19/h2-9,19-20,31H,10-14H2,1H3,(H,25,30)(H,28,29). The van der Waals surface area contributed by atoms with Gasteiger partial charge in [-0.15, -0.1) is 0 Å². The molecule has 0 saturated carbocycles. The van der Waals surface area contributed by atoms with Gasteiger partial charge in [0.05, 0.1) is 18.8 Å². The van der Waals surface area contributed by atoms with Gasteiger partial charge in [-0.3, -0.25) is 4.79 Å². The van der Waals surface area contributed by atoms with E-state index in [2.05, 4.69) is 5.32 Å². The van der Waals surface area contributed by atoms with Gasteiger partial charge in [0, 0.05) is 12.2 Å². The normalized spacial score (nSPS) is 17.0. The van der Waals surface area contributed by atoms with E-state index in [4.69, 9.17) is 9.84 Å². The highest BCUT2D eigenvalue weighted by molar-refractivity contribution is 7.90. The number of likely N-dealkylation sites (tertiary alicyclic amines) is 1. The van der Waals surface area contributed by atoms with Crippen LogP contribution in [0.2, 0.25) is 0 Å². The van der Waals surface area contributed by atoms with E-state index in [9.17, 15) is 27.9 Å². The van der Waals surface area contributed by atoms with Gasteiger partial charge >= 0.3 is 12.1 Å². The third kappa shape index (κ3) is 5.15. The number of ether oxygens (including phenoxy) is 1. The summed E-state index contributed by atoms with van der Waals surface area (Å²) in [6.45, 7) is -0.902. The van der Waals surface area contributed by atoms with E-state index in [-0.39, 0.29) is 24.7 Å². The van der Waals surface area contributed by atoms with E-state index in [0.717, 1.165) is 33.4 Å². The maximum absolute atomic E-state index is 12.8. The summed E-state index contributed by atoms with van der Waals surface area (Å²) in [4.78, 5) is 37.6. The Labute approximate surface area is 202 Å². The lowest BCUT2D eigenvalue weighted by Crippen LogP contribution is -2.69. The molecule has 1 unspecified atom stereocenters. The number of nitrogens with one attached hydrogen (secondary N) is 1. The first-order chi connectivity index (χ1) is 16.5. The zero-order valence-electron chi connectivity index (χ0n) is 19.0. The Morgan fingerprint density at radius 3 is 2.14 bits per heavy atom. The lowest BCUT2D eigenvalue weighted by atomic mass is 9.93. The van der Waals surface area contributed by atoms with Crippen LogP contribution in [0.1, 0.15) is 23.5 Å². The van der Waals surface area contributed by atoms with Gasteiger partial charge in [0.1, 0.15) is 22.5 Å². The number of aliphatic hydroxyl groups is 1. The van der Waals surface area contributed by atoms with Crippen LogP contribution in [0.5, 0.6) is 0 Å². The first-order valence-corrected chi connectivity index (χ1v) is 13.1. The smallest absolute Gasteiger partial charge is 0.407 e. The topological polar surface area (TPSA) is 150 Å². The highest BCUT2D eigenvalue weighted by Gasteiger charge is 2.51. The first kappa shape index (κ1) is 24.7. The molecule has 2 aromatic rings. The molecule has 1 aliphatic heterocycles. The maximum Gasteiger partial charge on any atom is 0.407 e. The van der Waals surface area contributed by atoms with Crippen molar-refractivity contribution in [2.75, 3.05) is 31.7 Å². The highest BCUT2D eigenvalue weighted by Crippen LogP contribution is 2.44. The van der Waals surface area contributed by atoms with Crippen LogP contribution in [0, 0.1) is 0 Å². The third-order valence-electron chi connectivity index (χ3n) is 6.33. The van der Waals surface area contributed by atoms with Crippen molar-refractivity contribution in [2.24, 2.45) is 0 Å². The fourth-order valence-electron chi connectivity index (χ4n) is 4.47. The summed E-state index contributed by atoms with van der Waals surface area (Å²) in [5.74, 6) is -2.71. The van der Waals surface area contributed by atoms with Crippen LogP contribution in [0.25, 0.3) is 11.1 Å². The number of alkyl carbamates (subject to hydrolysis) is 1. The number of nitrogens with zero attached hydrogens (tertiary/aromatic N) is 1. The van der Waals surface area contributed by atoms with Gasteiger partial charge in [0.15, 0.2) is 5.60 Å². The molecule has 2 aliphatic rings. The number of fused-ring (bicyclic) bond motifs is 3. The molecule has 1 heterocycles. The fraction of sp³-hybridized carbons (Fsp3) is 0.375. The van der Waals surface area contributed by atoms with Gasteiger partial charge in [-0.05, 0) is 28.7 Å². The van der Waals surface area contributed by atoms with Crippen molar-refractivity contribution < 1.29 is 37.8 Å². The molecule has 2 amide bonds. The number of benzene rings is 2. The molecule has 0 bridgehead atoms. The summed E-state index contributed by atoms with van der Waals surface area (Å²) < 4.78 is 28.7. The van der Waals surface area contributed by atoms with Gasteiger partial charge in [0.25, 0.3) is 0 Å². The Hall–Kier alpha value is -3.44. The lowest BCUT2D eigenvalue weighted by Gasteiger charge is -2.44. The summed E-state index contributed by atoms with van der Waals surface area (Å²) in [6.07, 6.45) is -0.105. The second-order valence-electron chi connectivity index (χ2n) is 8.97. The summed E-state index contributed by atoms with van der Waals surface area (Å²) >= 11 is 0. The number of carboxylic acids is 1. The van der Waals surface area contributed by atoms with Crippen LogP contribution in [0.4, 0.5) is 4.79 Å². The van der Waals surface area contributed by atoms with Crippen LogP contribution in [-0.2, 0) is 24.2 Å². The molecule has 1 saturated heterocycles. The SMILES string of the molecule is CS(=O)(=O)CCC(NC(=O)OCC1c2ccccc2-c2ccccc21)C(=O)N1CC(O)(C(=O)O)C1. The number of amides is 2.